The van der Waals surface area contributed by atoms with Crippen LogP contribution in [0.1, 0.15) is 21.5 Å². The Hall–Kier alpha value is -2.29. The van der Waals surface area contributed by atoms with Gasteiger partial charge < -0.3 is 10.0 Å². The molecular formula is C16H17NO2. The van der Waals surface area contributed by atoms with Crippen molar-refractivity contribution in [2.45, 2.75) is 13.5 Å². The summed E-state index contributed by atoms with van der Waals surface area (Å²) in [6, 6.07) is 14.6. The van der Waals surface area contributed by atoms with Gasteiger partial charge in [0, 0.05) is 13.6 Å². The normalized spacial score (nSPS) is 10.2. The number of phenolic OH excluding ortho intramolecular Hbond substituents is 1. The van der Waals surface area contributed by atoms with Gasteiger partial charge in [-0.2, -0.15) is 0 Å². The van der Waals surface area contributed by atoms with Crippen LogP contribution >= 0.6 is 0 Å². The molecule has 0 aromatic heterocycles. The van der Waals surface area contributed by atoms with E-state index in [0.29, 0.717) is 12.1 Å². The van der Waals surface area contributed by atoms with Crippen LogP contribution in [0.15, 0.2) is 48.5 Å². The maximum absolute atomic E-state index is 12.2. The van der Waals surface area contributed by atoms with Crippen molar-refractivity contribution in [3.8, 4) is 5.75 Å². The van der Waals surface area contributed by atoms with E-state index in [0.717, 1.165) is 11.1 Å². The molecule has 98 valence electrons. The highest BCUT2D eigenvalue weighted by Gasteiger charge is 2.15. The summed E-state index contributed by atoms with van der Waals surface area (Å²) in [4.78, 5) is 13.9. The van der Waals surface area contributed by atoms with Gasteiger partial charge in [0.1, 0.15) is 5.75 Å². The van der Waals surface area contributed by atoms with Crippen LogP contribution < -0.4 is 0 Å². The number of aryl methyl sites for hydroxylation is 1. The predicted octanol–water partition coefficient (Wildman–Crippen LogP) is 2.97. The van der Waals surface area contributed by atoms with Gasteiger partial charge >= 0.3 is 0 Å². The summed E-state index contributed by atoms with van der Waals surface area (Å²) in [5.74, 6) is -0.162. The Morgan fingerprint density at radius 3 is 2.42 bits per heavy atom. The number of amides is 1. The molecule has 0 aliphatic carbocycles. The summed E-state index contributed by atoms with van der Waals surface area (Å²) in [6.45, 7) is 2.55. The van der Waals surface area contributed by atoms with E-state index < -0.39 is 0 Å². The minimum absolute atomic E-state index is 0.0177. The molecule has 3 nitrogen and oxygen atoms in total. The topological polar surface area (TPSA) is 40.5 Å². The van der Waals surface area contributed by atoms with Gasteiger partial charge in [0.2, 0.25) is 0 Å². The Labute approximate surface area is 113 Å². The lowest BCUT2D eigenvalue weighted by molar-refractivity contribution is 0.0782. The summed E-state index contributed by atoms with van der Waals surface area (Å²) in [6.07, 6.45) is 0. The molecule has 2 aromatic rings. The zero-order chi connectivity index (χ0) is 13.8. The highest BCUT2D eigenvalue weighted by molar-refractivity contribution is 5.96. The molecule has 0 atom stereocenters. The van der Waals surface area contributed by atoms with E-state index in [1.165, 1.54) is 6.07 Å². The van der Waals surface area contributed by atoms with Crippen molar-refractivity contribution in [3.63, 3.8) is 0 Å². The molecule has 19 heavy (non-hydrogen) atoms. The summed E-state index contributed by atoms with van der Waals surface area (Å²) in [5, 5.41) is 9.70. The number of carbonyl (C=O) groups excluding carboxylic acids is 1. The van der Waals surface area contributed by atoms with Crippen molar-refractivity contribution < 1.29 is 9.90 Å². The molecular weight excluding hydrogens is 238 g/mol. The lowest BCUT2D eigenvalue weighted by atomic mass is 10.1. The van der Waals surface area contributed by atoms with Crippen LogP contribution in [0.4, 0.5) is 0 Å². The van der Waals surface area contributed by atoms with Gasteiger partial charge in [0.25, 0.3) is 5.91 Å². The molecule has 3 heteroatoms. The quantitative estimate of drug-likeness (QED) is 0.916. The van der Waals surface area contributed by atoms with Gasteiger partial charge in [-0.15, -0.1) is 0 Å². The molecule has 1 N–H and O–H groups in total. The first-order valence-electron chi connectivity index (χ1n) is 6.17. The molecule has 0 fully saturated rings. The zero-order valence-corrected chi connectivity index (χ0v) is 11.1. The van der Waals surface area contributed by atoms with Crippen LogP contribution in [0, 0.1) is 6.92 Å². The first-order valence-corrected chi connectivity index (χ1v) is 6.17. The Morgan fingerprint density at radius 2 is 1.74 bits per heavy atom. The van der Waals surface area contributed by atoms with Crippen LogP contribution in [-0.2, 0) is 6.54 Å². The zero-order valence-electron chi connectivity index (χ0n) is 11.1. The van der Waals surface area contributed by atoms with Crippen molar-refractivity contribution in [1.82, 2.24) is 4.90 Å². The maximum atomic E-state index is 12.2. The second kappa shape index (κ2) is 5.57. The first-order chi connectivity index (χ1) is 9.09. The average molecular weight is 255 g/mol. The largest absolute Gasteiger partial charge is 0.507 e. The molecule has 0 saturated heterocycles. The van der Waals surface area contributed by atoms with Crippen molar-refractivity contribution in [2.24, 2.45) is 0 Å². The van der Waals surface area contributed by atoms with Crippen molar-refractivity contribution in [3.05, 3.63) is 65.2 Å². The van der Waals surface area contributed by atoms with Crippen LogP contribution in [0.3, 0.4) is 0 Å². The van der Waals surface area contributed by atoms with Gasteiger partial charge in [-0.25, -0.2) is 0 Å². The summed E-state index contributed by atoms with van der Waals surface area (Å²) in [5.41, 5.74) is 2.59. The molecule has 2 rings (SSSR count). The lowest BCUT2D eigenvalue weighted by Crippen LogP contribution is -2.26. The number of carbonyl (C=O) groups is 1. The smallest absolute Gasteiger partial charge is 0.257 e. The molecule has 0 aliphatic rings. The Kier molecular flexibility index (Phi) is 3.85. The predicted molar refractivity (Wildman–Crippen MR) is 75.1 cm³/mol. The maximum Gasteiger partial charge on any atom is 0.257 e. The number of benzene rings is 2. The van der Waals surface area contributed by atoms with Crippen LogP contribution in [0.25, 0.3) is 0 Å². The summed E-state index contributed by atoms with van der Waals surface area (Å²) >= 11 is 0. The molecule has 1 amide bonds. The van der Waals surface area contributed by atoms with Crippen LogP contribution in [0.5, 0.6) is 5.75 Å². The second-order valence-electron chi connectivity index (χ2n) is 4.60. The lowest BCUT2D eigenvalue weighted by Gasteiger charge is -2.19. The van der Waals surface area contributed by atoms with E-state index in [9.17, 15) is 9.90 Å². The third kappa shape index (κ3) is 2.94. The first kappa shape index (κ1) is 13.1. The summed E-state index contributed by atoms with van der Waals surface area (Å²) < 4.78 is 0. The van der Waals surface area contributed by atoms with E-state index in [1.807, 2.05) is 31.2 Å². The highest BCUT2D eigenvalue weighted by Crippen LogP contribution is 2.19. The van der Waals surface area contributed by atoms with Gasteiger partial charge in [-0.1, -0.05) is 36.4 Å². The van der Waals surface area contributed by atoms with Crippen molar-refractivity contribution >= 4 is 5.91 Å². The number of nitrogens with zero attached hydrogens (tertiary/aromatic N) is 1. The molecule has 0 spiro atoms. The molecule has 0 bridgehead atoms. The fraction of sp³-hybridized carbons (Fsp3) is 0.188. The third-order valence-electron chi connectivity index (χ3n) is 3.15. The number of rotatable bonds is 3. The number of hydrogen-bond acceptors (Lipinski definition) is 2. The van der Waals surface area contributed by atoms with Gasteiger partial charge in [-0.05, 0) is 30.2 Å². The van der Waals surface area contributed by atoms with E-state index in [2.05, 4.69) is 0 Å². The highest BCUT2D eigenvalue weighted by atomic mass is 16.3. The Balaban J connectivity index is 2.17. The fourth-order valence-electron chi connectivity index (χ4n) is 1.97. The molecule has 0 aliphatic heterocycles. The number of hydrogen-bond donors (Lipinski definition) is 1. The Morgan fingerprint density at radius 1 is 1.11 bits per heavy atom. The van der Waals surface area contributed by atoms with Crippen molar-refractivity contribution in [2.75, 3.05) is 7.05 Å². The van der Waals surface area contributed by atoms with Gasteiger partial charge in [0.15, 0.2) is 0 Å². The minimum Gasteiger partial charge on any atom is -0.507 e. The van der Waals surface area contributed by atoms with E-state index >= 15 is 0 Å². The van der Waals surface area contributed by atoms with Crippen LogP contribution in [0.2, 0.25) is 0 Å². The van der Waals surface area contributed by atoms with Gasteiger partial charge in [0.05, 0.1) is 5.56 Å². The fourth-order valence-corrected chi connectivity index (χ4v) is 1.97. The summed E-state index contributed by atoms with van der Waals surface area (Å²) in [7, 11) is 1.74. The molecule has 2 aromatic carbocycles. The van der Waals surface area contributed by atoms with E-state index in [4.69, 9.17) is 0 Å². The number of aromatic hydroxyl groups is 1. The molecule has 0 saturated carbocycles. The van der Waals surface area contributed by atoms with Crippen LogP contribution in [-0.4, -0.2) is 23.0 Å². The monoisotopic (exact) mass is 255 g/mol. The average Bonchev–Trinajstić information content (AvgIpc) is 2.41. The Bertz CT molecular complexity index is 593. The minimum atomic E-state index is -0.179. The number of phenols is 1. The molecule has 0 heterocycles. The SMILES string of the molecule is Cc1ccccc1CN(C)C(=O)c1ccccc1O. The van der Waals surface area contributed by atoms with E-state index in [-0.39, 0.29) is 11.7 Å². The number of para-hydroxylation sites is 1. The molecule has 0 radical (unpaired) electrons. The molecule has 0 unspecified atom stereocenters. The van der Waals surface area contributed by atoms with E-state index in [1.54, 1.807) is 30.1 Å². The van der Waals surface area contributed by atoms with Gasteiger partial charge in [-0.3, -0.25) is 4.79 Å². The second-order valence-corrected chi connectivity index (χ2v) is 4.60. The third-order valence-corrected chi connectivity index (χ3v) is 3.15. The van der Waals surface area contributed by atoms with Crippen molar-refractivity contribution in [1.29, 1.82) is 0 Å². The standard InChI is InChI=1S/C16H17NO2/c1-12-7-3-4-8-13(12)11-17(2)16(19)14-9-5-6-10-15(14)18/h3-10,18H,11H2,1-2H3.